The first-order chi connectivity index (χ1) is 6.49. The Kier molecular flexibility index (Phi) is 3.82. The molecule has 0 radical (unpaired) electrons. The molecule has 0 atom stereocenters. The van der Waals surface area contributed by atoms with Crippen LogP contribution in [-0.4, -0.2) is 4.75 Å². The number of hydrogen-bond acceptors (Lipinski definition) is 1. The minimum absolute atomic E-state index is 0.181. The van der Waals surface area contributed by atoms with Gasteiger partial charge in [-0.05, 0) is 39.8 Å². The first kappa shape index (κ1) is 11.4. The van der Waals surface area contributed by atoms with Gasteiger partial charge in [-0.15, -0.1) is 11.8 Å². The Morgan fingerprint density at radius 3 is 2.21 bits per heavy atom. The Labute approximate surface area is 91.4 Å². The van der Waals surface area contributed by atoms with Gasteiger partial charge in [0.15, 0.2) is 0 Å². The highest BCUT2D eigenvalue weighted by atomic mass is 32.2. The number of hydrogen-bond donors (Lipinski definition) is 0. The summed E-state index contributed by atoms with van der Waals surface area (Å²) in [4.78, 5) is 1.33. The first-order valence-electron chi connectivity index (χ1n) is 4.90. The van der Waals surface area contributed by atoms with Gasteiger partial charge in [0.2, 0.25) is 0 Å². The predicted octanol–water partition coefficient (Wildman–Crippen LogP) is 4.52. The van der Waals surface area contributed by atoms with Gasteiger partial charge >= 0.3 is 0 Å². The van der Waals surface area contributed by atoms with E-state index in [2.05, 4.69) is 64.1 Å². The summed E-state index contributed by atoms with van der Waals surface area (Å²) in [5.74, 6) is 0. The Bertz CT molecular complexity index is 305. The van der Waals surface area contributed by atoms with E-state index in [9.17, 15) is 0 Å². The lowest BCUT2D eigenvalue weighted by atomic mass is 10.1. The fraction of sp³-hybridized carbons (Fsp3) is 0.385. The van der Waals surface area contributed by atoms with Crippen LogP contribution in [0, 0.1) is 0 Å². The van der Waals surface area contributed by atoms with Gasteiger partial charge in [0.05, 0.1) is 0 Å². The molecule has 0 spiro atoms. The van der Waals surface area contributed by atoms with Crippen LogP contribution in [-0.2, 0) is 0 Å². The monoisotopic (exact) mass is 206 g/mol. The van der Waals surface area contributed by atoms with E-state index >= 15 is 0 Å². The smallest absolute Gasteiger partial charge is 0.0332 e. The maximum absolute atomic E-state index is 2.31. The molecule has 0 saturated carbocycles. The van der Waals surface area contributed by atoms with E-state index in [1.807, 2.05) is 11.8 Å². The summed E-state index contributed by atoms with van der Waals surface area (Å²) in [7, 11) is 0. The second kappa shape index (κ2) is 4.70. The molecular weight excluding hydrogens is 188 g/mol. The van der Waals surface area contributed by atoms with Crippen molar-refractivity contribution in [2.45, 2.75) is 37.3 Å². The Morgan fingerprint density at radius 1 is 1.14 bits per heavy atom. The number of thioether (sulfide) groups is 1. The molecule has 0 unspecified atom stereocenters. The summed E-state index contributed by atoms with van der Waals surface area (Å²) in [5, 5.41) is 0. The van der Waals surface area contributed by atoms with Crippen LogP contribution < -0.4 is 0 Å². The molecule has 0 amide bonds. The van der Waals surface area contributed by atoms with Crippen LogP contribution in [0.15, 0.2) is 46.9 Å². The summed E-state index contributed by atoms with van der Waals surface area (Å²) in [6.07, 6.45) is 2.31. The van der Waals surface area contributed by atoms with E-state index in [-0.39, 0.29) is 4.75 Å². The molecule has 76 valence electrons. The summed E-state index contributed by atoms with van der Waals surface area (Å²) in [6.45, 7) is 8.79. The second-order valence-corrected chi connectivity index (χ2v) is 5.97. The van der Waals surface area contributed by atoms with Gasteiger partial charge < -0.3 is 0 Å². The largest absolute Gasteiger partial charge is 0.116 e. The van der Waals surface area contributed by atoms with E-state index in [0.29, 0.717) is 0 Å². The highest BCUT2D eigenvalue weighted by Gasteiger charge is 2.15. The van der Waals surface area contributed by atoms with Crippen molar-refractivity contribution in [3.05, 3.63) is 42.0 Å². The van der Waals surface area contributed by atoms with Gasteiger partial charge in [-0.3, -0.25) is 0 Å². The third-order valence-electron chi connectivity index (χ3n) is 1.76. The molecule has 1 aromatic rings. The zero-order chi connectivity index (χ0) is 10.6. The van der Waals surface area contributed by atoms with Crippen molar-refractivity contribution in [3.8, 4) is 0 Å². The predicted molar refractivity (Wildman–Crippen MR) is 65.8 cm³/mol. The zero-order valence-electron chi connectivity index (χ0n) is 9.37. The fourth-order valence-electron chi connectivity index (χ4n) is 1.52. The zero-order valence-corrected chi connectivity index (χ0v) is 10.2. The van der Waals surface area contributed by atoms with Crippen LogP contribution in [0.1, 0.15) is 27.7 Å². The molecule has 0 N–H and O–H groups in total. The molecule has 0 bridgehead atoms. The van der Waals surface area contributed by atoms with Crippen molar-refractivity contribution in [1.82, 2.24) is 0 Å². The molecule has 1 rings (SSSR count). The maximum atomic E-state index is 2.31. The van der Waals surface area contributed by atoms with Crippen LogP contribution in [0.25, 0.3) is 0 Å². The minimum Gasteiger partial charge on any atom is -0.116 e. The van der Waals surface area contributed by atoms with Crippen LogP contribution in [0.2, 0.25) is 0 Å². The molecule has 0 saturated heterocycles. The molecular formula is C13H18S. The third kappa shape index (κ3) is 4.01. The molecule has 0 nitrogen and oxygen atoms in total. The number of allylic oxidation sites excluding steroid dienone is 1. The number of rotatable bonds is 3. The topological polar surface area (TPSA) is 0 Å². The molecule has 1 aromatic carbocycles. The third-order valence-corrected chi connectivity index (χ3v) is 2.91. The highest BCUT2D eigenvalue weighted by molar-refractivity contribution is 8.00. The Morgan fingerprint density at radius 2 is 1.71 bits per heavy atom. The minimum atomic E-state index is 0.181. The molecule has 0 aliphatic rings. The molecule has 0 aromatic heterocycles. The quantitative estimate of drug-likeness (QED) is 0.517. The van der Waals surface area contributed by atoms with Crippen LogP contribution in [0.5, 0.6) is 0 Å². The number of benzene rings is 1. The van der Waals surface area contributed by atoms with E-state index in [4.69, 9.17) is 0 Å². The van der Waals surface area contributed by atoms with E-state index in [1.165, 1.54) is 10.5 Å². The van der Waals surface area contributed by atoms with Crippen molar-refractivity contribution in [2.24, 2.45) is 0 Å². The van der Waals surface area contributed by atoms with E-state index in [1.54, 1.807) is 0 Å². The average molecular weight is 206 g/mol. The molecule has 14 heavy (non-hydrogen) atoms. The van der Waals surface area contributed by atoms with Crippen LogP contribution >= 0.6 is 11.8 Å². The van der Waals surface area contributed by atoms with Crippen LogP contribution in [0.3, 0.4) is 0 Å². The van der Waals surface area contributed by atoms with Gasteiger partial charge in [-0.25, -0.2) is 0 Å². The van der Waals surface area contributed by atoms with Crippen molar-refractivity contribution < 1.29 is 0 Å². The summed E-state index contributed by atoms with van der Waals surface area (Å²) in [5.41, 5.74) is 1.37. The average Bonchev–Trinajstić information content (AvgIpc) is 2.02. The van der Waals surface area contributed by atoms with E-state index < -0.39 is 0 Å². The summed E-state index contributed by atoms with van der Waals surface area (Å²) < 4.78 is 0.181. The summed E-state index contributed by atoms with van der Waals surface area (Å²) in [6, 6.07) is 10.5. The molecule has 0 aliphatic heterocycles. The van der Waals surface area contributed by atoms with Crippen molar-refractivity contribution in [3.63, 3.8) is 0 Å². The lowest BCUT2D eigenvalue weighted by Gasteiger charge is -2.20. The highest BCUT2D eigenvalue weighted by Crippen LogP contribution is 2.33. The van der Waals surface area contributed by atoms with Gasteiger partial charge in [0.1, 0.15) is 0 Å². The van der Waals surface area contributed by atoms with Crippen molar-refractivity contribution in [2.75, 3.05) is 0 Å². The lowest BCUT2D eigenvalue weighted by Crippen LogP contribution is -2.10. The second-order valence-electron chi connectivity index (χ2n) is 4.24. The fourth-order valence-corrected chi connectivity index (χ4v) is 2.71. The lowest BCUT2D eigenvalue weighted by molar-refractivity contribution is 0.885. The SMILES string of the molecule is CC(C)=CC(C)(C)Sc1ccccc1. The summed E-state index contributed by atoms with van der Waals surface area (Å²) >= 11 is 1.90. The van der Waals surface area contributed by atoms with Crippen molar-refractivity contribution >= 4 is 11.8 Å². The van der Waals surface area contributed by atoms with Crippen molar-refractivity contribution in [1.29, 1.82) is 0 Å². The molecule has 0 fully saturated rings. The van der Waals surface area contributed by atoms with E-state index in [0.717, 1.165) is 0 Å². The standard InChI is InChI=1S/C13H18S/c1-11(2)10-13(3,4)14-12-8-6-5-7-9-12/h5-10H,1-4H3. The molecule has 1 heteroatoms. The van der Waals surface area contributed by atoms with Crippen LogP contribution in [0.4, 0.5) is 0 Å². The Hall–Kier alpha value is -0.690. The van der Waals surface area contributed by atoms with Gasteiger partial charge in [0, 0.05) is 9.64 Å². The van der Waals surface area contributed by atoms with Gasteiger partial charge in [-0.2, -0.15) is 0 Å². The molecule has 0 heterocycles. The Balaban J connectivity index is 2.74. The van der Waals surface area contributed by atoms with Gasteiger partial charge in [0.25, 0.3) is 0 Å². The normalized spacial score (nSPS) is 11.1. The molecule has 0 aliphatic carbocycles. The van der Waals surface area contributed by atoms with Gasteiger partial charge in [-0.1, -0.05) is 29.8 Å². The maximum Gasteiger partial charge on any atom is 0.0332 e. The first-order valence-corrected chi connectivity index (χ1v) is 5.71.